The maximum Gasteiger partial charge on any atom is 0.303 e. The van der Waals surface area contributed by atoms with Gasteiger partial charge in [0.05, 0.1) is 52.9 Å². The van der Waals surface area contributed by atoms with Gasteiger partial charge in [0.25, 0.3) is 0 Å². The number of aliphatic carboxylic acids is 2. The molecule has 0 aromatic rings. The monoisotopic (exact) mass is 438 g/mol. The van der Waals surface area contributed by atoms with Gasteiger partial charge in [0.1, 0.15) is 12.2 Å². The van der Waals surface area contributed by atoms with E-state index in [-0.39, 0.29) is 38.3 Å². The fraction of sp³-hybridized carbons (Fsp3) is 0.900. The van der Waals surface area contributed by atoms with Crippen molar-refractivity contribution in [1.29, 1.82) is 0 Å². The molecule has 4 N–H and O–H groups in total. The summed E-state index contributed by atoms with van der Waals surface area (Å²) >= 11 is 0. The van der Waals surface area contributed by atoms with E-state index in [4.69, 9.17) is 39.4 Å². The van der Waals surface area contributed by atoms with E-state index >= 15 is 0 Å². The normalized spacial score (nSPS) is 20.9. The van der Waals surface area contributed by atoms with Crippen molar-refractivity contribution in [2.45, 2.75) is 63.6 Å². The molecular formula is C20H38O10. The van der Waals surface area contributed by atoms with Gasteiger partial charge < -0.3 is 39.4 Å². The number of hydrogen-bond donors (Lipinski definition) is 4. The molecule has 0 bridgehead atoms. The van der Waals surface area contributed by atoms with E-state index in [1.54, 1.807) is 0 Å². The molecular weight excluding hydrogens is 400 g/mol. The third kappa shape index (κ3) is 20.0. The van der Waals surface area contributed by atoms with Crippen LogP contribution in [0.5, 0.6) is 0 Å². The van der Waals surface area contributed by atoms with Crippen molar-refractivity contribution < 1.29 is 49.0 Å². The zero-order valence-electron chi connectivity index (χ0n) is 17.7. The number of aliphatic hydroxyl groups excluding tert-OH is 2. The van der Waals surface area contributed by atoms with E-state index in [1.807, 2.05) is 0 Å². The van der Waals surface area contributed by atoms with Gasteiger partial charge in [-0.25, -0.2) is 0 Å². The van der Waals surface area contributed by atoms with Gasteiger partial charge in [-0.2, -0.15) is 0 Å². The summed E-state index contributed by atoms with van der Waals surface area (Å²) < 4.78 is 20.1. The third-order valence-corrected chi connectivity index (χ3v) is 4.21. The van der Waals surface area contributed by atoms with Crippen LogP contribution in [0.15, 0.2) is 0 Å². The van der Waals surface area contributed by atoms with Gasteiger partial charge in [-0.3, -0.25) is 9.59 Å². The first-order valence-corrected chi connectivity index (χ1v) is 10.5. The number of carboxylic acid groups (broad SMARTS) is 2. The van der Waals surface area contributed by atoms with Crippen LogP contribution in [-0.2, 0) is 28.5 Å². The standard InChI is InChI=1S/C10H18O4.2C5H10O3/c11-9(12)7-5-3-1-2-4-6-8-10(13)14;2*6-3-5-4-7-1-2-8-5/h1-8H2,(H,11,12)(H,13,14);2*5-6H,1-4H2. The van der Waals surface area contributed by atoms with E-state index < -0.39 is 11.9 Å². The molecule has 0 saturated carbocycles. The minimum atomic E-state index is -0.740. The van der Waals surface area contributed by atoms with Crippen molar-refractivity contribution >= 4 is 11.9 Å². The summed E-state index contributed by atoms with van der Waals surface area (Å²) in [5.41, 5.74) is 0. The molecule has 2 aliphatic heterocycles. The Kier molecular flexibility index (Phi) is 20.0. The topological polar surface area (TPSA) is 152 Å². The average molecular weight is 439 g/mol. The zero-order valence-corrected chi connectivity index (χ0v) is 17.7. The van der Waals surface area contributed by atoms with Crippen molar-refractivity contribution in [2.24, 2.45) is 0 Å². The summed E-state index contributed by atoms with van der Waals surface area (Å²) in [5, 5.41) is 33.7. The molecule has 2 saturated heterocycles. The average Bonchev–Trinajstić information content (AvgIpc) is 2.77. The Morgan fingerprint density at radius 2 is 1.00 bits per heavy atom. The number of unbranched alkanes of at least 4 members (excludes halogenated alkanes) is 5. The summed E-state index contributed by atoms with van der Waals surface area (Å²) in [5.74, 6) is -1.48. The lowest BCUT2D eigenvalue weighted by atomic mass is 10.1. The highest BCUT2D eigenvalue weighted by molar-refractivity contribution is 5.66. The van der Waals surface area contributed by atoms with Crippen LogP contribution in [-0.4, -0.2) is 97.4 Å². The Labute approximate surface area is 178 Å². The predicted octanol–water partition coefficient (Wildman–Crippen LogP) is 1.06. The van der Waals surface area contributed by atoms with Gasteiger partial charge in [-0.15, -0.1) is 0 Å². The Morgan fingerprint density at radius 1 is 0.633 bits per heavy atom. The van der Waals surface area contributed by atoms with Crippen LogP contribution in [0.25, 0.3) is 0 Å². The first kappa shape index (κ1) is 28.7. The Bertz CT molecular complexity index is 368. The fourth-order valence-corrected chi connectivity index (χ4v) is 2.54. The number of rotatable bonds is 11. The van der Waals surface area contributed by atoms with Crippen molar-refractivity contribution in [3.05, 3.63) is 0 Å². The van der Waals surface area contributed by atoms with Crippen molar-refractivity contribution in [2.75, 3.05) is 52.9 Å². The molecule has 2 fully saturated rings. The molecule has 30 heavy (non-hydrogen) atoms. The molecule has 2 heterocycles. The predicted molar refractivity (Wildman–Crippen MR) is 107 cm³/mol. The van der Waals surface area contributed by atoms with E-state index in [9.17, 15) is 9.59 Å². The van der Waals surface area contributed by atoms with Crippen molar-refractivity contribution in [3.63, 3.8) is 0 Å². The molecule has 2 rings (SSSR count). The Morgan fingerprint density at radius 3 is 1.23 bits per heavy atom. The first-order valence-electron chi connectivity index (χ1n) is 10.5. The second-order valence-electron chi connectivity index (χ2n) is 6.91. The smallest absolute Gasteiger partial charge is 0.303 e. The second-order valence-corrected chi connectivity index (χ2v) is 6.91. The molecule has 2 aliphatic rings. The van der Waals surface area contributed by atoms with Gasteiger partial charge in [0, 0.05) is 12.8 Å². The van der Waals surface area contributed by atoms with Crippen LogP contribution in [0.4, 0.5) is 0 Å². The molecule has 0 spiro atoms. The molecule has 10 heteroatoms. The lowest BCUT2D eigenvalue weighted by Crippen LogP contribution is -2.31. The molecule has 0 aromatic heterocycles. The number of carboxylic acids is 2. The molecule has 0 radical (unpaired) electrons. The maximum absolute atomic E-state index is 10.1. The van der Waals surface area contributed by atoms with Crippen LogP contribution in [0.3, 0.4) is 0 Å². The van der Waals surface area contributed by atoms with E-state index in [0.29, 0.717) is 39.6 Å². The number of carbonyl (C=O) groups is 2. The van der Waals surface area contributed by atoms with E-state index in [1.165, 1.54) is 0 Å². The van der Waals surface area contributed by atoms with Crippen LogP contribution >= 0.6 is 0 Å². The molecule has 2 unspecified atom stereocenters. The van der Waals surface area contributed by atoms with E-state index in [0.717, 1.165) is 38.5 Å². The summed E-state index contributed by atoms with van der Waals surface area (Å²) in [6.45, 7) is 3.77. The lowest BCUT2D eigenvalue weighted by Gasteiger charge is -2.20. The van der Waals surface area contributed by atoms with Gasteiger partial charge in [-0.05, 0) is 12.8 Å². The number of ether oxygens (including phenoxy) is 4. The molecule has 0 amide bonds. The quantitative estimate of drug-likeness (QED) is 0.345. The first-order chi connectivity index (χ1) is 14.5. The minimum absolute atomic E-state index is 0.0694. The second kappa shape index (κ2) is 21.0. The van der Waals surface area contributed by atoms with Gasteiger partial charge in [0.2, 0.25) is 0 Å². The molecule has 0 aromatic carbocycles. The highest BCUT2D eigenvalue weighted by Gasteiger charge is 2.12. The SMILES string of the molecule is O=C(O)CCCCCCCCC(=O)O.OCC1COCCO1.OCC1COCCO1. The van der Waals surface area contributed by atoms with Gasteiger partial charge >= 0.3 is 11.9 Å². The van der Waals surface area contributed by atoms with Crippen LogP contribution in [0, 0.1) is 0 Å². The summed E-state index contributed by atoms with van der Waals surface area (Å²) in [6, 6.07) is 0. The zero-order chi connectivity index (χ0) is 22.5. The van der Waals surface area contributed by atoms with Crippen LogP contribution < -0.4 is 0 Å². The van der Waals surface area contributed by atoms with Crippen molar-refractivity contribution in [3.8, 4) is 0 Å². The maximum atomic E-state index is 10.1. The van der Waals surface area contributed by atoms with Crippen LogP contribution in [0.2, 0.25) is 0 Å². The summed E-state index contributed by atoms with van der Waals surface area (Å²) in [4.78, 5) is 20.3. The highest BCUT2D eigenvalue weighted by Crippen LogP contribution is 2.08. The van der Waals surface area contributed by atoms with Crippen molar-refractivity contribution in [1.82, 2.24) is 0 Å². The highest BCUT2D eigenvalue weighted by atomic mass is 16.6. The van der Waals surface area contributed by atoms with Crippen LogP contribution in [0.1, 0.15) is 51.4 Å². The lowest BCUT2D eigenvalue weighted by molar-refractivity contribution is -0.138. The third-order valence-electron chi connectivity index (χ3n) is 4.21. The number of aliphatic hydroxyl groups is 2. The number of hydrogen-bond acceptors (Lipinski definition) is 8. The van der Waals surface area contributed by atoms with Gasteiger partial charge in [0.15, 0.2) is 0 Å². The molecule has 2 atom stereocenters. The molecule has 178 valence electrons. The molecule has 0 aliphatic carbocycles. The molecule has 10 nitrogen and oxygen atoms in total. The van der Waals surface area contributed by atoms with E-state index in [2.05, 4.69) is 0 Å². The fourth-order valence-electron chi connectivity index (χ4n) is 2.54. The summed E-state index contributed by atoms with van der Waals surface area (Å²) in [6.07, 6.45) is 5.67. The Balaban J connectivity index is 0.000000447. The Hall–Kier alpha value is -1.30. The minimum Gasteiger partial charge on any atom is -0.481 e. The largest absolute Gasteiger partial charge is 0.481 e. The van der Waals surface area contributed by atoms with Gasteiger partial charge in [-0.1, -0.05) is 25.7 Å². The summed E-state index contributed by atoms with van der Waals surface area (Å²) in [7, 11) is 0.